The lowest BCUT2D eigenvalue weighted by atomic mass is 9.89. The number of nitrogens with two attached hydrogens (primary N) is 1. The fourth-order valence-electron chi connectivity index (χ4n) is 0.744. The standard InChI is InChI=1S/C5H14BN/c1-4(2)3-5(6)7/h4-5H,3,6-7H2,1-2H3. The molecule has 42 valence electrons. The Balaban J connectivity index is 2.95. The van der Waals surface area contributed by atoms with Gasteiger partial charge in [-0.2, -0.15) is 0 Å². The number of hydrogen-bond donors (Lipinski definition) is 1. The van der Waals surface area contributed by atoms with Gasteiger partial charge >= 0.3 is 0 Å². The van der Waals surface area contributed by atoms with Gasteiger partial charge in [-0.25, -0.2) is 0 Å². The maximum Gasteiger partial charge on any atom is 0.123 e. The Bertz CT molecular complexity index is 37.3. The second kappa shape index (κ2) is 3.08. The second-order valence-corrected chi connectivity index (χ2v) is 2.61. The van der Waals surface area contributed by atoms with Gasteiger partial charge in [-0.15, -0.1) is 0 Å². The summed E-state index contributed by atoms with van der Waals surface area (Å²) in [5.74, 6) is 1.12. The average molecular weight is 99.0 g/mol. The zero-order chi connectivity index (χ0) is 5.86. The van der Waals surface area contributed by atoms with Crippen molar-refractivity contribution in [1.82, 2.24) is 0 Å². The van der Waals surface area contributed by atoms with Crippen LogP contribution in [0, 0.1) is 5.92 Å². The van der Waals surface area contributed by atoms with E-state index in [0.29, 0.717) is 5.94 Å². The summed E-state index contributed by atoms with van der Waals surface area (Å²) < 4.78 is 0. The summed E-state index contributed by atoms with van der Waals surface area (Å²) in [5, 5.41) is 0. The van der Waals surface area contributed by atoms with Crippen LogP contribution >= 0.6 is 0 Å². The van der Waals surface area contributed by atoms with Crippen LogP contribution in [0.25, 0.3) is 0 Å². The van der Waals surface area contributed by atoms with Crippen LogP contribution in [0.3, 0.4) is 0 Å². The molecule has 2 heteroatoms. The van der Waals surface area contributed by atoms with Gasteiger partial charge in [-0.1, -0.05) is 13.8 Å². The van der Waals surface area contributed by atoms with E-state index in [1.165, 1.54) is 0 Å². The van der Waals surface area contributed by atoms with Gasteiger partial charge in [0.1, 0.15) is 7.85 Å². The topological polar surface area (TPSA) is 26.0 Å². The molecule has 0 aliphatic carbocycles. The summed E-state index contributed by atoms with van der Waals surface area (Å²) >= 11 is 0. The fourth-order valence-corrected chi connectivity index (χ4v) is 0.744. The van der Waals surface area contributed by atoms with E-state index in [0.717, 1.165) is 12.3 Å². The van der Waals surface area contributed by atoms with Crippen molar-refractivity contribution < 1.29 is 0 Å². The van der Waals surface area contributed by atoms with E-state index in [1.54, 1.807) is 0 Å². The Morgan fingerprint density at radius 2 is 2.00 bits per heavy atom. The first-order chi connectivity index (χ1) is 3.13. The molecule has 2 N–H and O–H groups in total. The van der Waals surface area contributed by atoms with Crippen LogP contribution in [0.4, 0.5) is 0 Å². The molecule has 0 rings (SSSR count). The van der Waals surface area contributed by atoms with Crippen molar-refractivity contribution in [3.05, 3.63) is 0 Å². The summed E-state index contributed by atoms with van der Waals surface area (Å²) in [6.07, 6.45) is 1.14. The lowest BCUT2D eigenvalue weighted by Crippen LogP contribution is -2.21. The molecule has 1 nitrogen and oxygen atoms in total. The van der Waals surface area contributed by atoms with E-state index in [9.17, 15) is 0 Å². The molecular formula is C5H14BN. The summed E-state index contributed by atoms with van der Waals surface area (Å²) in [7, 11) is 2.04. The molecule has 0 spiro atoms. The first kappa shape index (κ1) is 7.02. The summed E-state index contributed by atoms with van der Waals surface area (Å²) in [6, 6.07) is 0. The third-order valence-electron chi connectivity index (χ3n) is 0.843. The zero-order valence-corrected chi connectivity index (χ0v) is 5.44. The van der Waals surface area contributed by atoms with Crippen molar-refractivity contribution in [3.63, 3.8) is 0 Å². The van der Waals surface area contributed by atoms with E-state index >= 15 is 0 Å². The molecule has 0 heterocycles. The van der Waals surface area contributed by atoms with E-state index in [-0.39, 0.29) is 0 Å². The lowest BCUT2D eigenvalue weighted by molar-refractivity contribution is 0.571. The van der Waals surface area contributed by atoms with Crippen molar-refractivity contribution in [3.8, 4) is 0 Å². The maximum atomic E-state index is 5.49. The van der Waals surface area contributed by atoms with Gasteiger partial charge in [-0.05, 0) is 18.3 Å². The highest BCUT2D eigenvalue weighted by Gasteiger charge is 1.96. The minimum absolute atomic E-state index is 0.375. The molecule has 7 heavy (non-hydrogen) atoms. The van der Waals surface area contributed by atoms with E-state index in [4.69, 9.17) is 5.73 Å². The molecular weight excluding hydrogens is 84.9 g/mol. The molecule has 0 aliphatic heterocycles. The quantitative estimate of drug-likeness (QED) is 0.482. The molecule has 0 fully saturated rings. The first-order valence-corrected chi connectivity index (χ1v) is 2.88. The van der Waals surface area contributed by atoms with Gasteiger partial charge in [0.05, 0.1) is 0 Å². The van der Waals surface area contributed by atoms with Gasteiger partial charge < -0.3 is 5.73 Å². The van der Waals surface area contributed by atoms with Crippen LogP contribution in [0.2, 0.25) is 0 Å². The molecule has 0 aromatic carbocycles. The minimum Gasteiger partial charge on any atom is -0.335 e. The molecule has 1 atom stereocenters. The van der Waals surface area contributed by atoms with Gasteiger partial charge in [0.2, 0.25) is 0 Å². The summed E-state index contributed by atoms with van der Waals surface area (Å²) in [6.45, 7) is 4.37. The lowest BCUT2D eigenvalue weighted by Gasteiger charge is -2.05. The van der Waals surface area contributed by atoms with Crippen LogP contribution in [0.5, 0.6) is 0 Å². The second-order valence-electron chi connectivity index (χ2n) is 2.61. The Morgan fingerprint density at radius 1 is 1.57 bits per heavy atom. The molecule has 0 radical (unpaired) electrons. The highest BCUT2D eigenvalue weighted by Crippen LogP contribution is 1.98. The van der Waals surface area contributed by atoms with E-state index in [1.807, 2.05) is 7.85 Å². The van der Waals surface area contributed by atoms with Gasteiger partial charge in [0.25, 0.3) is 0 Å². The Labute approximate surface area is 46.7 Å². The smallest absolute Gasteiger partial charge is 0.123 e. The SMILES string of the molecule is BC(N)CC(C)C. The third-order valence-corrected chi connectivity index (χ3v) is 0.843. The fraction of sp³-hybridized carbons (Fsp3) is 1.00. The molecule has 0 aromatic rings. The molecule has 0 bridgehead atoms. The average Bonchev–Trinajstić information content (AvgIpc) is 1.27. The zero-order valence-electron chi connectivity index (χ0n) is 5.44. The number of hydrogen-bond acceptors (Lipinski definition) is 1. The highest BCUT2D eigenvalue weighted by molar-refractivity contribution is 6.11. The van der Waals surface area contributed by atoms with Gasteiger partial charge in [0, 0.05) is 0 Å². The van der Waals surface area contributed by atoms with Gasteiger partial charge in [-0.3, -0.25) is 0 Å². The molecule has 0 aliphatic rings. The van der Waals surface area contributed by atoms with Crippen LogP contribution < -0.4 is 5.73 Å². The predicted molar refractivity (Wildman–Crippen MR) is 36.0 cm³/mol. The Hall–Kier alpha value is 0.0249. The molecule has 0 saturated heterocycles. The van der Waals surface area contributed by atoms with Crippen LogP contribution in [-0.4, -0.2) is 13.8 Å². The van der Waals surface area contributed by atoms with Gasteiger partial charge in [0.15, 0.2) is 0 Å². The molecule has 0 aromatic heterocycles. The van der Waals surface area contributed by atoms with Crippen molar-refractivity contribution in [2.24, 2.45) is 11.7 Å². The highest BCUT2D eigenvalue weighted by atomic mass is 14.6. The molecule has 0 amide bonds. The number of rotatable bonds is 2. The van der Waals surface area contributed by atoms with Crippen LogP contribution in [0.1, 0.15) is 20.3 Å². The monoisotopic (exact) mass is 99.1 g/mol. The predicted octanol–water partition coefficient (Wildman–Crippen LogP) is -0.0496. The normalized spacial score (nSPS) is 14.9. The first-order valence-electron chi connectivity index (χ1n) is 2.88. The Morgan fingerprint density at radius 3 is 2.00 bits per heavy atom. The van der Waals surface area contributed by atoms with E-state index in [2.05, 4.69) is 13.8 Å². The summed E-state index contributed by atoms with van der Waals surface area (Å²) in [4.78, 5) is 0. The largest absolute Gasteiger partial charge is 0.335 e. The van der Waals surface area contributed by atoms with Crippen molar-refractivity contribution >= 4 is 7.85 Å². The van der Waals surface area contributed by atoms with E-state index < -0.39 is 0 Å². The van der Waals surface area contributed by atoms with Crippen molar-refractivity contribution in [2.45, 2.75) is 26.2 Å². The van der Waals surface area contributed by atoms with Crippen LogP contribution in [-0.2, 0) is 0 Å². The molecule has 0 saturated carbocycles. The van der Waals surface area contributed by atoms with Crippen molar-refractivity contribution in [1.29, 1.82) is 0 Å². The minimum atomic E-state index is 0.375. The molecule has 1 unspecified atom stereocenters. The summed E-state index contributed by atoms with van der Waals surface area (Å²) in [5.41, 5.74) is 5.49. The Kier molecular flexibility index (Phi) is 3.09. The van der Waals surface area contributed by atoms with Crippen LogP contribution in [0.15, 0.2) is 0 Å². The third kappa shape index (κ3) is 6.02. The maximum absolute atomic E-state index is 5.49. The van der Waals surface area contributed by atoms with Crippen molar-refractivity contribution in [2.75, 3.05) is 0 Å².